The van der Waals surface area contributed by atoms with Gasteiger partial charge < -0.3 is 10.1 Å². The molecular weight excluding hydrogens is 256 g/mol. The van der Waals surface area contributed by atoms with Crippen LogP contribution in [-0.4, -0.2) is 11.6 Å². The fraction of sp³-hybridized carbons (Fsp3) is 0.400. The second-order valence-electron chi connectivity index (χ2n) is 4.51. The predicted octanol–water partition coefficient (Wildman–Crippen LogP) is 4.41. The highest BCUT2D eigenvalue weighted by Gasteiger charge is 2.11. The summed E-state index contributed by atoms with van der Waals surface area (Å²) in [4.78, 5) is 7.01. The second-order valence-corrected chi connectivity index (χ2v) is 5.83. The zero-order valence-corrected chi connectivity index (χ0v) is 12.5. The molecule has 3 nitrogen and oxygen atoms in total. The number of nitrogens with zero attached hydrogens (tertiary/aromatic N) is 1. The Bertz CT molecular complexity index is 524. The number of anilines is 1. The van der Waals surface area contributed by atoms with E-state index in [-0.39, 0.29) is 6.04 Å². The number of nitrogens with one attached hydrogen (secondary N) is 1. The van der Waals surface area contributed by atoms with E-state index in [1.165, 1.54) is 9.75 Å². The molecule has 2 aromatic heterocycles. The molecule has 4 heteroatoms. The zero-order chi connectivity index (χ0) is 13.7. The van der Waals surface area contributed by atoms with E-state index in [4.69, 9.17) is 4.74 Å². The third-order valence-electron chi connectivity index (χ3n) is 2.77. The van der Waals surface area contributed by atoms with Crippen LogP contribution in [0.3, 0.4) is 0 Å². The van der Waals surface area contributed by atoms with Crippen LogP contribution in [0.5, 0.6) is 5.75 Å². The molecule has 2 heterocycles. The average molecular weight is 276 g/mol. The fourth-order valence-electron chi connectivity index (χ4n) is 1.79. The first-order valence-corrected chi connectivity index (χ1v) is 7.43. The number of pyridine rings is 1. The Morgan fingerprint density at radius 3 is 2.89 bits per heavy atom. The Kier molecular flexibility index (Phi) is 4.80. The number of aryl methyl sites for hydroxylation is 1. The number of hydrogen-bond acceptors (Lipinski definition) is 4. The summed E-state index contributed by atoms with van der Waals surface area (Å²) in [5.74, 6) is 1.64. The first-order valence-electron chi connectivity index (χ1n) is 6.61. The van der Waals surface area contributed by atoms with Gasteiger partial charge in [0.1, 0.15) is 0 Å². The molecule has 1 atom stereocenters. The topological polar surface area (TPSA) is 34.1 Å². The Balaban J connectivity index is 2.09. The predicted molar refractivity (Wildman–Crippen MR) is 81.1 cm³/mol. The molecule has 2 rings (SSSR count). The van der Waals surface area contributed by atoms with Crippen LogP contribution in [0.4, 0.5) is 5.82 Å². The summed E-state index contributed by atoms with van der Waals surface area (Å²) in [7, 11) is 0. The molecule has 2 aromatic rings. The Hall–Kier alpha value is -1.55. The molecular formula is C15H20N2OS. The summed E-state index contributed by atoms with van der Waals surface area (Å²) in [5, 5.41) is 3.42. The van der Waals surface area contributed by atoms with Gasteiger partial charge in [0, 0.05) is 16.0 Å². The van der Waals surface area contributed by atoms with Gasteiger partial charge in [-0.1, -0.05) is 6.92 Å². The van der Waals surface area contributed by atoms with Crippen molar-refractivity contribution in [3.63, 3.8) is 0 Å². The van der Waals surface area contributed by atoms with Gasteiger partial charge >= 0.3 is 0 Å². The molecule has 0 radical (unpaired) electrons. The zero-order valence-electron chi connectivity index (χ0n) is 11.6. The largest absolute Gasteiger partial charge is 0.490 e. The molecule has 0 aromatic carbocycles. The van der Waals surface area contributed by atoms with E-state index in [0.29, 0.717) is 6.61 Å². The van der Waals surface area contributed by atoms with Crippen molar-refractivity contribution in [2.24, 2.45) is 0 Å². The molecule has 0 spiro atoms. The molecule has 0 saturated carbocycles. The quantitative estimate of drug-likeness (QED) is 0.848. The van der Waals surface area contributed by atoms with Crippen LogP contribution < -0.4 is 10.1 Å². The van der Waals surface area contributed by atoms with Gasteiger partial charge in [0.25, 0.3) is 0 Å². The lowest BCUT2D eigenvalue weighted by atomic mass is 10.2. The maximum Gasteiger partial charge on any atom is 0.169 e. The summed E-state index contributed by atoms with van der Waals surface area (Å²) in [5.41, 5.74) is 0. The molecule has 0 saturated heterocycles. The Labute approximate surface area is 118 Å². The van der Waals surface area contributed by atoms with Crippen LogP contribution in [0.2, 0.25) is 0 Å². The lowest BCUT2D eigenvalue weighted by Gasteiger charge is -2.16. The normalized spacial score (nSPS) is 12.2. The SMILES string of the molecule is CCCOc1cccnc1NC(C)c1ccc(C)s1. The number of thiophene rings is 1. The fourth-order valence-corrected chi connectivity index (χ4v) is 2.67. The maximum atomic E-state index is 5.71. The van der Waals surface area contributed by atoms with Gasteiger partial charge in [0.15, 0.2) is 11.6 Å². The number of ether oxygens (including phenoxy) is 1. The Morgan fingerprint density at radius 2 is 2.21 bits per heavy atom. The van der Waals surface area contributed by atoms with E-state index < -0.39 is 0 Å². The van der Waals surface area contributed by atoms with Crippen molar-refractivity contribution in [2.45, 2.75) is 33.2 Å². The van der Waals surface area contributed by atoms with Crippen LogP contribution >= 0.6 is 11.3 Å². The van der Waals surface area contributed by atoms with Gasteiger partial charge in [-0.05, 0) is 44.5 Å². The molecule has 0 aliphatic heterocycles. The van der Waals surface area contributed by atoms with Crippen LogP contribution in [0.1, 0.15) is 36.1 Å². The van der Waals surface area contributed by atoms with Gasteiger partial charge in [0.05, 0.1) is 12.6 Å². The summed E-state index contributed by atoms with van der Waals surface area (Å²) < 4.78 is 5.71. The van der Waals surface area contributed by atoms with Crippen molar-refractivity contribution in [1.29, 1.82) is 0 Å². The van der Waals surface area contributed by atoms with Crippen LogP contribution in [0, 0.1) is 6.92 Å². The molecule has 1 N–H and O–H groups in total. The van der Waals surface area contributed by atoms with Crippen LogP contribution in [0.15, 0.2) is 30.5 Å². The van der Waals surface area contributed by atoms with E-state index in [1.807, 2.05) is 23.5 Å². The highest BCUT2D eigenvalue weighted by molar-refractivity contribution is 7.12. The third kappa shape index (κ3) is 3.70. The average Bonchev–Trinajstić information content (AvgIpc) is 2.84. The van der Waals surface area contributed by atoms with Crippen molar-refractivity contribution >= 4 is 17.2 Å². The van der Waals surface area contributed by atoms with E-state index in [0.717, 1.165) is 18.0 Å². The molecule has 0 aliphatic carbocycles. The first kappa shape index (κ1) is 13.9. The molecule has 0 aliphatic rings. The highest BCUT2D eigenvalue weighted by atomic mass is 32.1. The van der Waals surface area contributed by atoms with Crippen molar-refractivity contribution in [3.8, 4) is 5.75 Å². The van der Waals surface area contributed by atoms with Crippen molar-refractivity contribution < 1.29 is 4.74 Å². The van der Waals surface area contributed by atoms with E-state index in [9.17, 15) is 0 Å². The molecule has 102 valence electrons. The summed E-state index contributed by atoms with van der Waals surface area (Å²) in [6.45, 7) is 7.08. The lowest BCUT2D eigenvalue weighted by Crippen LogP contribution is -2.08. The highest BCUT2D eigenvalue weighted by Crippen LogP contribution is 2.29. The Morgan fingerprint density at radius 1 is 1.37 bits per heavy atom. The summed E-state index contributed by atoms with van der Waals surface area (Å²) in [6.07, 6.45) is 2.78. The summed E-state index contributed by atoms with van der Waals surface area (Å²) >= 11 is 1.81. The summed E-state index contributed by atoms with van der Waals surface area (Å²) in [6, 6.07) is 8.39. The minimum atomic E-state index is 0.234. The monoisotopic (exact) mass is 276 g/mol. The minimum absolute atomic E-state index is 0.234. The van der Waals surface area contributed by atoms with Gasteiger partial charge in [-0.2, -0.15) is 0 Å². The van der Waals surface area contributed by atoms with Gasteiger partial charge in [-0.3, -0.25) is 0 Å². The molecule has 1 unspecified atom stereocenters. The molecule has 0 fully saturated rings. The van der Waals surface area contributed by atoms with Gasteiger partial charge in [-0.15, -0.1) is 11.3 Å². The number of hydrogen-bond donors (Lipinski definition) is 1. The van der Waals surface area contributed by atoms with Crippen molar-refractivity contribution in [1.82, 2.24) is 4.98 Å². The van der Waals surface area contributed by atoms with E-state index >= 15 is 0 Å². The molecule has 19 heavy (non-hydrogen) atoms. The van der Waals surface area contributed by atoms with Crippen LogP contribution in [0.25, 0.3) is 0 Å². The van der Waals surface area contributed by atoms with Gasteiger partial charge in [-0.25, -0.2) is 4.98 Å². The number of rotatable bonds is 6. The van der Waals surface area contributed by atoms with Gasteiger partial charge in [0.2, 0.25) is 0 Å². The minimum Gasteiger partial charge on any atom is -0.490 e. The van der Waals surface area contributed by atoms with E-state index in [1.54, 1.807) is 6.20 Å². The lowest BCUT2D eigenvalue weighted by molar-refractivity contribution is 0.317. The van der Waals surface area contributed by atoms with Crippen LogP contribution in [-0.2, 0) is 0 Å². The molecule has 0 bridgehead atoms. The van der Waals surface area contributed by atoms with Crippen molar-refractivity contribution in [2.75, 3.05) is 11.9 Å². The van der Waals surface area contributed by atoms with E-state index in [2.05, 4.69) is 43.2 Å². The standard InChI is InChI=1S/C15H20N2OS/c1-4-10-18-13-6-5-9-16-15(13)17-12(3)14-8-7-11(2)19-14/h5-9,12H,4,10H2,1-3H3,(H,16,17). The molecule has 0 amide bonds. The maximum absolute atomic E-state index is 5.71. The third-order valence-corrected chi connectivity index (χ3v) is 3.96. The van der Waals surface area contributed by atoms with Crippen molar-refractivity contribution in [3.05, 3.63) is 40.2 Å². The first-order chi connectivity index (χ1) is 9.20. The second kappa shape index (κ2) is 6.57. The number of aromatic nitrogens is 1. The smallest absolute Gasteiger partial charge is 0.169 e.